The molecule has 1 aromatic rings. The van der Waals surface area contributed by atoms with Gasteiger partial charge in [-0.15, -0.1) is 0 Å². The number of rotatable bonds is 4. The van der Waals surface area contributed by atoms with Crippen molar-refractivity contribution in [3.63, 3.8) is 0 Å². The number of hydrogen-bond donors (Lipinski definition) is 1. The smallest absolute Gasteiger partial charge is 0.268 e. The number of halogens is 1. The van der Waals surface area contributed by atoms with Gasteiger partial charge in [0.1, 0.15) is 5.69 Å². The Balaban J connectivity index is 2.06. The third-order valence-electron chi connectivity index (χ3n) is 3.99. The van der Waals surface area contributed by atoms with E-state index in [1.165, 1.54) is 19.3 Å². The van der Waals surface area contributed by atoms with Crippen LogP contribution in [0.15, 0.2) is 16.7 Å². The monoisotopic (exact) mass is 326 g/mol. The molecule has 0 aliphatic heterocycles. The van der Waals surface area contributed by atoms with E-state index in [4.69, 9.17) is 0 Å². The zero-order valence-electron chi connectivity index (χ0n) is 11.8. The average molecular weight is 327 g/mol. The van der Waals surface area contributed by atoms with Crippen LogP contribution in [-0.4, -0.2) is 16.5 Å². The molecule has 2 rings (SSSR count). The van der Waals surface area contributed by atoms with Gasteiger partial charge in [0.2, 0.25) is 0 Å². The number of aryl methyl sites for hydroxylation is 1. The van der Waals surface area contributed by atoms with Gasteiger partial charge in [-0.3, -0.25) is 4.79 Å². The van der Waals surface area contributed by atoms with Crippen LogP contribution in [0, 0.1) is 5.92 Å². The molecule has 3 nitrogen and oxygen atoms in total. The molecule has 0 spiro atoms. The van der Waals surface area contributed by atoms with Crippen LogP contribution in [0.5, 0.6) is 0 Å². The fraction of sp³-hybridized carbons (Fsp3) is 0.667. The Morgan fingerprint density at radius 3 is 2.89 bits per heavy atom. The minimum absolute atomic E-state index is 0.0675. The lowest BCUT2D eigenvalue weighted by atomic mass is 9.86. The standard InChI is InChI=1S/C15H23BrN2O/c1-3-8-18-10-12(16)9-14(18)15(19)17-13-7-5-4-6-11(13)2/h9-11,13H,3-8H2,1-2H3,(H,17,19). The lowest BCUT2D eigenvalue weighted by Crippen LogP contribution is -2.41. The summed E-state index contributed by atoms with van der Waals surface area (Å²) in [5.74, 6) is 0.661. The van der Waals surface area contributed by atoms with Gasteiger partial charge in [-0.25, -0.2) is 0 Å². The largest absolute Gasteiger partial charge is 0.348 e. The summed E-state index contributed by atoms with van der Waals surface area (Å²) in [6.45, 7) is 5.25. The Bertz CT molecular complexity index is 441. The van der Waals surface area contributed by atoms with Gasteiger partial charge in [-0.05, 0) is 47.2 Å². The van der Waals surface area contributed by atoms with Gasteiger partial charge < -0.3 is 9.88 Å². The molecule has 1 saturated carbocycles. The Morgan fingerprint density at radius 2 is 2.21 bits per heavy atom. The second kappa shape index (κ2) is 6.60. The molecular weight excluding hydrogens is 304 g/mol. The van der Waals surface area contributed by atoms with Crippen molar-refractivity contribution < 1.29 is 4.79 Å². The van der Waals surface area contributed by atoms with E-state index < -0.39 is 0 Å². The molecule has 1 fully saturated rings. The predicted octanol–water partition coefficient (Wildman–Crippen LogP) is 3.97. The van der Waals surface area contributed by atoms with E-state index in [2.05, 4.69) is 35.1 Å². The van der Waals surface area contributed by atoms with Crippen LogP contribution in [0.25, 0.3) is 0 Å². The predicted molar refractivity (Wildman–Crippen MR) is 81.3 cm³/mol. The minimum atomic E-state index is 0.0675. The van der Waals surface area contributed by atoms with Gasteiger partial charge in [-0.2, -0.15) is 0 Å². The third kappa shape index (κ3) is 3.62. The molecule has 1 heterocycles. The van der Waals surface area contributed by atoms with Crippen molar-refractivity contribution in [2.75, 3.05) is 0 Å². The van der Waals surface area contributed by atoms with Crippen LogP contribution in [0.3, 0.4) is 0 Å². The van der Waals surface area contributed by atoms with Crippen molar-refractivity contribution in [1.82, 2.24) is 9.88 Å². The first-order chi connectivity index (χ1) is 9.11. The van der Waals surface area contributed by atoms with Crippen molar-refractivity contribution in [3.05, 3.63) is 22.4 Å². The average Bonchev–Trinajstić information content (AvgIpc) is 2.74. The summed E-state index contributed by atoms with van der Waals surface area (Å²) in [4.78, 5) is 12.4. The maximum atomic E-state index is 12.4. The number of carbonyl (C=O) groups is 1. The van der Waals surface area contributed by atoms with Crippen LogP contribution in [0.1, 0.15) is 56.4 Å². The van der Waals surface area contributed by atoms with Crippen molar-refractivity contribution in [2.24, 2.45) is 5.92 Å². The molecule has 2 unspecified atom stereocenters. The normalized spacial score (nSPS) is 23.3. The molecule has 4 heteroatoms. The van der Waals surface area contributed by atoms with Crippen LogP contribution < -0.4 is 5.32 Å². The van der Waals surface area contributed by atoms with Crippen molar-refractivity contribution in [1.29, 1.82) is 0 Å². The highest BCUT2D eigenvalue weighted by Gasteiger charge is 2.24. The van der Waals surface area contributed by atoms with Crippen LogP contribution in [0.4, 0.5) is 0 Å². The second-order valence-corrected chi connectivity index (χ2v) is 6.49. The highest BCUT2D eigenvalue weighted by molar-refractivity contribution is 9.10. The SMILES string of the molecule is CCCn1cc(Br)cc1C(=O)NC1CCCCC1C. The molecule has 0 radical (unpaired) electrons. The topological polar surface area (TPSA) is 34.0 Å². The summed E-state index contributed by atoms with van der Waals surface area (Å²) >= 11 is 3.46. The minimum Gasteiger partial charge on any atom is -0.348 e. The van der Waals surface area contributed by atoms with Gasteiger partial charge in [0.05, 0.1) is 0 Å². The molecule has 2 atom stereocenters. The number of nitrogens with zero attached hydrogens (tertiary/aromatic N) is 1. The van der Waals surface area contributed by atoms with E-state index >= 15 is 0 Å². The molecule has 1 aliphatic rings. The molecule has 19 heavy (non-hydrogen) atoms. The lowest BCUT2D eigenvalue weighted by molar-refractivity contribution is 0.0900. The van der Waals surface area contributed by atoms with Crippen molar-refractivity contribution in [3.8, 4) is 0 Å². The molecular formula is C15H23BrN2O. The summed E-state index contributed by atoms with van der Waals surface area (Å²) in [6, 6.07) is 2.25. The first-order valence-electron chi connectivity index (χ1n) is 7.28. The molecule has 1 N–H and O–H groups in total. The second-order valence-electron chi connectivity index (χ2n) is 5.58. The Kier molecular flexibility index (Phi) is 5.08. The Hall–Kier alpha value is -0.770. The summed E-state index contributed by atoms with van der Waals surface area (Å²) in [5, 5.41) is 3.22. The van der Waals surface area contributed by atoms with Crippen LogP contribution in [0.2, 0.25) is 0 Å². The first-order valence-corrected chi connectivity index (χ1v) is 8.07. The Morgan fingerprint density at radius 1 is 1.47 bits per heavy atom. The summed E-state index contributed by atoms with van der Waals surface area (Å²) in [6.07, 6.45) is 7.89. The fourth-order valence-corrected chi connectivity index (χ4v) is 3.33. The molecule has 1 amide bonds. The molecule has 1 aliphatic carbocycles. The number of amides is 1. The highest BCUT2D eigenvalue weighted by Crippen LogP contribution is 2.24. The van der Waals surface area contributed by atoms with E-state index in [-0.39, 0.29) is 5.91 Å². The summed E-state index contributed by atoms with van der Waals surface area (Å²) in [5.41, 5.74) is 0.770. The molecule has 106 valence electrons. The number of aromatic nitrogens is 1. The maximum Gasteiger partial charge on any atom is 0.268 e. The lowest BCUT2D eigenvalue weighted by Gasteiger charge is -2.29. The number of carbonyl (C=O) groups excluding carboxylic acids is 1. The number of hydrogen-bond acceptors (Lipinski definition) is 1. The van der Waals surface area contributed by atoms with E-state index in [0.717, 1.165) is 29.6 Å². The zero-order chi connectivity index (χ0) is 13.8. The zero-order valence-corrected chi connectivity index (χ0v) is 13.4. The number of nitrogens with one attached hydrogen (secondary N) is 1. The maximum absolute atomic E-state index is 12.4. The summed E-state index contributed by atoms with van der Waals surface area (Å²) < 4.78 is 3.01. The van der Waals surface area contributed by atoms with Gasteiger partial charge in [0.15, 0.2) is 0 Å². The van der Waals surface area contributed by atoms with E-state index in [1.807, 2.05) is 16.8 Å². The van der Waals surface area contributed by atoms with Gasteiger partial charge in [0.25, 0.3) is 5.91 Å². The fourth-order valence-electron chi connectivity index (χ4n) is 2.86. The molecule has 0 saturated heterocycles. The van der Waals surface area contributed by atoms with Crippen LogP contribution >= 0.6 is 15.9 Å². The van der Waals surface area contributed by atoms with E-state index in [0.29, 0.717) is 12.0 Å². The molecule has 0 aromatic carbocycles. The van der Waals surface area contributed by atoms with Crippen molar-refractivity contribution >= 4 is 21.8 Å². The molecule has 0 bridgehead atoms. The van der Waals surface area contributed by atoms with E-state index in [9.17, 15) is 4.79 Å². The van der Waals surface area contributed by atoms with Crippen LogP contribution in [-0.2, 0) is 6.54 Å². The van der Waals surface area contributed by atoms with E-state index in [1.54, 1.807) is 0 Å². The van der Waals surface area contributed by atoms with Gasteiger partial charge in [-0.1, -0.05) is 26.7 Å². The third-order valence-corrected chi connectivity index (χ3v) is 4.42. The highest BCUT2D eigenvalue weighted by atomic mass is 79.9. The molecule has 1 aromatic heterocycles. The first kappa shape index (κ1) is 14.6. The quantitative estimate of drug-likeness (QED) is 0.892. The summed E-state index contributed by atoms with van der Waals surface area (Å²) in [7, 11) is 0. The van der Waals surface area contributed by atoms with Gasteiger partial charge >= 0.3 is 0 Å². The van der Waals surface area contributed by atoms with Gasteiger partial charge in [0, 0.05) is 23.3 Å². The van der Waals surface area contributed by atoms with Crippen molar-refractivity contribution in [2.45, 2.75) is 58.5 Å². The Labute approximate surface area is 123 Å².